The SMILES string of the molecule is O=S(=O)([O-])CCCCOCC1COc2cscc2O1.O=S(=O)([O-])CCCCOCC1COc2cscc2O1.[Na+].[Na+]. The van der Waals surface area contributed by atoms with E-state index in [0.29, 0.717) is 65.3 Å². The Bertz CT molecular complexity index is 1090. The van der Waals surface area contributed by atoms with Crippen LogP contribution in [0, 0.1) is 0 Å². The molecule has 0 radical (unpaired) electrons. The number of hydrogen-bond acceptors (Lipinski definition) is 14. The van der Waals surface area contributed by atoms with Crippen LogP contribution in [0.15, 0.2) is 21.5 Å². The average molecular weight is 661 g/mol. The van der Waals surface area contributed by atoms with Crippen molar-refractivity contribution in [2.45, 2.75) is 37.9 Å². The summed E-state index contributed by atoms with van der Waals surface area (Å²) in [6.07, 6.45) is 1.43. The molecule has 2 unspecified atom stereocenters. The van der Waals surface area contributed by atoms with Crippen LogP contribution in [0.5, 0.6) is 23.0 Å². The van der Waals surface area contributed by atoms with Gasteiger partial charge in [-0.1, -0.05) is 0 Å². The molecule has 4 rings (SSSR count). The minimum absolute atomic E-state index is 0. The second kappa shape index (κ2) is 19.6. The zero-order chi connectivity index (χ0) is 27.4. The van der Waals surface area contributed by atoms with Crippen molar-refractivity contribution in [1.29, 1.82) is 0 Å². The summed E-state index contributed by atoms with van der Waals surface area (Å²) in [4.78, 5) is 0. The van der Waals surface area contributed by atoms with Gasteiger partial charge in [-0.3, -0.25) is 0 Å². The molecule has 0 N–H and O–H groups in total. The molecule has 0 saturated heterocycles. The normalized spacial score (nSPS) is 17.6. The first kappa shape index (κ1) is 38.4. The van der Waals surface area contributed by atoms with Gasteiger partial charge in [0.15, 0.2) is 35.2 Å². The van der Waals surface area contributed by atoms with E-state index in [1.165, 1.54) is 22.7 Å². The first-order valence-electron chi connectivity index (χ1n) is 11.8. The Kier molecular flexibility index (Phi) is 18.8. The van der Waals surface area contributed by atoms with E-state index in [0.717, 1.165) is 23.0 Å². The molecule has 0 aliphatic carbocycles. The fraction of sp³-hybridized carbons (Fsp3) is 0.636. The van der Waals surface area contributed by atoms with Crippen LogP contribution in [0.3, 0.4) is 0 Å². The first-order valence-corrected chi connectivity index (χ1v) is 16.9. The quantitative estimate of drug-likeness (QED) is 0.111. The Morgan fingerprint density at radius 3 is 1.43 bits per heavy atom. The van der Waals surface area contributed by atoms with Crippen LogP contribution in [-0.2, 0) is 29.7 Å². The van der Waals surface area contributed by atoms with Crippen LogP contribution in [0.2, 0.25) is 0 Å². The molecule has 216 valence electrons. The third-order valence-electron chi connectivity index (χ3n) is 5.10. The zero-order valence-corrected chi connectivity index (χ0v) is 29.7. The van der Waals surface area contributed by atoms with Gasteiger partial charge in [-0.05, 0) is 25.7 Å². The summed E-state index contributed by atoms with van der Waals surface area (Å²) in [5.41, 5.74) is 0. The summed E-state index contributed by atoms with van der Waals surface area (Å²) < 4.78 is 95.2. The maximum Gasteiger partial charge on any atom is 1.00 e. The van der Waals surface area contributed by atoms with E-state index in [4.69, 9.17) is 28.4 Å². The molecule has 2 aromatic rings. The number of thiophene rings is 2. The smallest absolute Gasteiger partial charge is 0.748 e. The van der Waals surface area contributed by atoms with Crippen molar-refractivity contribution < 1.29 is 113 Å². The second-order valence-corrected chi connectivity index (χ2v) is 12.9. The van der Waals surface area contributed by atoms with Gasteiger partial charge in [0, 0.05) is 46.2 Å². The van der Waals surface area contributed by atoms with Crippen LogP contribution in [0.1, 0.15) is 25.7 Å². The van der Waals surface area contributed by atoms with E-state index >= 15 is 0 Å². The Labute approximate surface area is 287 Å². The molecular formula is C22H30Na2O12S4. The number of rotatable bonds is 14. The Hall–Kier alpha value is 0.340. The largest absolute Gasteiger partial charge is 1.00 e. The molecule has 0 saturated carbocycles. The molecule has 40 heavy (non-hydrogen) atoms. The average Bonchev–Trinajstić information content (AvgIpc) is 3.51. The third kappa shape index (κ3) is 15.7. The van der Waals surface area contributed by atoms with Gasteiger partial charge in [-0.15, -0.1) is 22.7 Å². The van der Waals surface area contributed by atoms with Crippen LogP contribution in [0.25, 0.3) is 0 Å². The van der Waals surface area contributed by atoms with Crippen LogP contribution >= 0.6 is 22.7 Å². The molecule has 18 heteroatoms. The first-order chi connectivity index (χ1) is 18.1. The van der Waals surface area contributed by atoms with Crippen LogP contribution in [-0.4, -0.2) is 89.3 Å². The van der Waals surface area contributed by atoms with Crippen molar-refractivity contribution in [2.75, 3.05) is 51.1 Å². The van der Waals surface area contributed by atoms with Crippen molar-refractivity contribution in [3.8, 4) is 23.0 Å². The summed E-state index contributed by atoms with van der Waals surface area (Å²) in [5.74, 6) is 2.34. The van der Waals surface area contributed by atoms with Gasteiger partial charge in [-0.2, -0.15) is 0 Å². The molecule has 0 spiro atoms. The predicted molar refractivity (Wildman–Crippen MR) is 138 cm³/mol. The van der Waals surface area contributed by atoms with E-state index in [2.05, 4.69) is 0 Å². The maximum atomic E-state index is 10.4. The van der Waals surface area contributed by atoms with Crippen LogP contribution < -0.4 is 78.1 Å². The van der Waals surface area contributed by atoms with Crippen molar-refractivity contribution in [3.05, 3.63) is 21.5 Å². The number of unbranched alkanes of at least 4 members (excludes halogenated alkanes) is 2. The fourth-order valence-corrected chi connectivity index (χ4v) is 5.74. The van der Waals surface area contributed by atoms with E-state index in [-0.39, 0.29) is 82.8 Å². The molecule has 0 amide bonds. The molecule has 0 aromatic carbocycles. The summed E-state index contributed by atoms with van der Waals surface area (Å²) in [6.45, 7) is 2.48. The van der Waals surface area contributed by atoms with E-state index < -0.39 is 20.2 Å². The summed E-state index contributed by atoms with van der Waals surface area (Å²) in [6, 6.07) is 0. The van der Waals surface area contributed by atoms with Gasteiger partial charge in [0.05, 0.1) is 33.5 Å². The number of fused-ring (bicyclic) bond motifs is 2. The van der Waals surface area contributed by atoms with E-state index in [1.54, 1.807) is 0 Å². The van der Waals surface area contributed by atoms with Crippen molar-refractivity contribution in [3.63, 3.8) is 0 Å². The molecule has 2 atom stereocenters. The summed E-state index contributed by atoms with van der Waals surface area (Å²) in [5, 5.41) is 7.52. The van der Waals surface area contributed by atoms with Gasteiger partial charge < -0.3 is 37.5 Å². The van der Waals surface area contributed by atoms with Crippen molar-refractivity contribution in [1.82, 2.24) is 0 Å². The van der Waals surface area contributed by atoms with E-state index in [9.17, 15) is 25.9 Å². The maximum absolute atomic E-state index is 10.4. The monoisotopic (exact) mass is 660 g/mol. The molecular weight excluding hydrogens is 630 g/mol. The van der Waals surface area contributed by atoms with Crippen molar-refractivity contribution >= 4 is 42.9 Å². The summed E-state index contributed by atoms with van der Waals surface area (Å²) in [7, 11) is -8.22. The molecule has 0 fully saturated rings. The standard InChI is InChI=1S/2C11H16O6S2.2Na/c2*12-19(13,14)4-2-1-3-15-5-9-6-16-10-7-18-8-11(10)17-9;;/h2*7-9H,1-6H2,(H,12,13,14);;/q;;2*+1/p-2. The molecule has 2 aromatic heterocycles. The minimum Gasteiger partial charge on any atom is -0.748 e. The summed E-state index contributed by atoms with van der Waals surface area (Å²) >= 11 is 3.03. The Morgan fingerprint density at radius 2 is 1.05 bits per heavy atom. The van der Waals surface area contributed by atoms with E-state index in [1.807, 2.05) is 21.5 Å². The minimum atomic E-state index is -4.11. The number of hydrogen-bond donors (Lipinski definition) is 0. The van der Waals surface area contributed by atoms with Gasteiger partial charge >= 0.3 is 59.1 Å². The van der Waals surface area contributed by atoms with Gasteiger partial charge in [-0.25, -0.2) is 16.8 Å². The van der Waals surface area contributed by atoms with Crippen LogP contribution in [0.4, 0.5) is 0 Å². The zero-order valence-electron chi connectivity index (χ0n) is 22.5. The Balaban J connectivity index is 0.000000381. The van der Waals surface area contributed by atoms with Gasteiger partial charge in [0.25, 0.3) is 0 Å². The van der Waals surface area contributed by atoms with Crippen molar-refractivity contribution in [2.24, 2.45) is 0 Å². The molecule has 0 bridgehead atoms. The molecule has 4 heterocycles. The Morgan fingerprint density at radius 1 is 0.675 bits per heavy atom. The van der Waals surface area contributed by atoms with Gasteiger partial charge in [0.1, 0.15) is 13.2 Å². The third-order valence-corrected chi connectivity index (χ3v) is 8.07. The van der Waals surface area contributed by atoms with Gasteiger partial charge in [0.2, 0.25) is 0 Å². The topological polar surface area (TPSA) is 170 Å². The second-order valence-electron chi connectivity index (χ2n) is 8.39. The molecule has 12 nitrogen and oxygen atoms in total. The molecule has 2 aliphatic rings. The molecule has 2 aliphatic heterocycles. The number of ether oxygens (including phenoxy) is 6. The predicted octanol–water partition coefficient (Wildman–Crippen LogP) is -3.53. The fourth-order valence-electron chi connectivity index (χ4n) is 3.28.